The highest BCUT2D eigenvalue weighted by Gasteiger charge is 2.18. The van der Waals surface area contributed by atoms with Crippen LogP contribution >= 0.6 is 24.0 Å². The molecule has 2 aromatic rings. The predicted octanol–water partition coefficient (Wildman–Crippen LogP) is 2.63. The Morgan fingerprint density at radius 3 is 2.86 bits per heavy atom. The van der Waals surface area contributed by atoms with Gasteiger partial charge >= 0.3 is 5.63 Å². The molecule has 2 aromatic heterocycles. The molecule has 0 saturated carbocycles. The van der Waals surface area contributed by atoms with E-state index in [0.717, 1.165) is 17.6 Å². The molecule has 2 rings (SSSR count). The van der Waals surface area contributed by atoms with E-state index in [9.17, 15) is 14.7 Å². The van der Waals surface area contributed by atoms with Crippen molar-refractivity contribution in [2.75, 3.05) is 0 Å². The number of carbonyl (C=O) groups excluding carboxylic acids is 1. The molecule has 8 nitrogen and oxygen atoms in total. The molecule has 2 heterocycles. The van der Waals surface area contributed by atoms with Crippen LogP contribution in [0.4, 0.5) is 10.8 Å². The number of ketones is 1. The van der Waals surface area contributed by atoms with Crippen LogP contribution in [0.15, 0.2) is 25.7 Å². The van der Waals surface area contributed by atoms with Gasteiger partial charge < -0.3 is 9.52 Å². The van der Waals surface area contributed by atoms with Gasteiger partial charge in [-0.2, -0.15) is 12.6 Å². The first-order valence-corrected chi connectivity index (χ1v) is 7.24. The first-order valence-electron chi connectivity index (χ1n) is 5.79. The highest BCUT2D eigenvalue weighted by molar-refractivity contribution is 7.79. The Morgan fingerprint density at radius 1 is 1.48 bits per heavy atom. The second-order valence-corrected chi connectivity index (χ2v) is 5.10. The molecule has 0 aliphatic carbocycles. The zero-order chi connectivity index (χ0) is 15.4. The standard InChI is InChI=1S/C11H10N4O4S2/c1-2-6(16)5-3-19-10(18)8(9(5)17)13-15-11-14-12-7(4-20)21-11/h3,17,20H,2,4H2,1H3. The van der Waals surface area contributed by atoms with Gasteiger partial charge in [0.05, 0.1) is 5.56 Å². The molecule has 0 atom stereocenters. The number of nitrogens with zero attached hydrogens (tertiary/aromatic N) is 4. The maximum atomic E-state index is 11.6. The number of azo groups is 1. The van der Waals surface area contributed by atoms with E-state index in [0.29, 0.717) is 10.8 Å². The van der Waals surface area contributed by atoms with Crippen molar-refractivity contribution in [1.29, 1.82) is 0 Å². The third-order valence-corrected chi connectivity index (χ3v) is 3.73. The summed E-state index contributed by atoms with van der Waals surface area (Å²) in [4.78, 5) is 23.1. The summed E-state index contributed by atoms with van der Waals surface area (Å²) in [6.45, 7) is 1.62. The van der Waals surface area contributed by atoms with Gasteiger partial charge in [0, 0.05) is 12.2 Å². The van der Waals surface area contributed by atoms with Gasteiger partial charge in [0.2, 0.25) is 5.69 Å². The molecule has 0 radical (unpaired) electrons. The monoisotopic (exact) mass is 326 g/mol. The Labute approximate surface area is 128 Å². The Hall–Kier alpha value is -2.07. The predicted molar refractivity (Wildman–Crippen MR) is 78.0 cm³/mol. The first kappa shape index (κ1) is 15.3. The average molecular weight is 326 g/mol. The lowest BCUT2D eigenvalue weighted by Gasteiger charge is -2.01. The van der Waals surface area contributed by atoms with Gasteiger partial charge in [0.1, 0.15) is 11.3 Å². The molecule has 0 aromatic carbocycles. The minimum absolute atomic E-state index is 0.112. The third-order valence-electron chi connectivity index (χ3n) is 2.41. The van der Waals surface area contributed by atoms with Crippen LogP contribution in [0.5, 0.6) is 5.75 Å². The molecule has 0 saturated heterocycles. The quantitative estimate of drug-likeness (QED) is 0.495. The SMILES string of the molecule is CCC(=O)c1coc(=O)c(N=Nc2nnc(CS)s2)c1O. The van der Waals surface area contributed by atoms with Crippen molar-refractivity contribution >= 4 is 40.6 Å². The van der Waals surface area contributed by atoms with Gasteiger partial charge in [-0.1, -0.05) is 18.3 Å². The molecule has 0 spiro atoms. The summed E-state index contributed by atoms with van der Waals surface area (Å²) in [6.07, 6.45) is 1.06. The lowest BCUT2D eigenvalue weighted by atomic mass is 10.1. The van der Waals surface area contributed by atoms with Crippen molar-refractivity contribution < 1.29 is 14.3 Å². The molecule has 0 fully saturated rings. The smallest absolute Gasteiger partial charge is 0.367 e. The molecule has 0 unspecified atom stereocenters. The van der Waals surface area contributed by atoms with Gasteiger partial charge in [-0.25, -0.2) is 4.79 Å². The zero-order valence-electron chi connectivity index (χ0n) is 10.8. The number of hydrogen-bond acceptors (Lipinski definition) is 10. The van der Waals surface area contributed by atoms with Crippen LogP contribution in [-0.4, -0.2) is 21.1 Å². The summed E-state index contributed by atoms with van der Waals surface area (Å²) in [5.41, 5.74) is -1.46. The minimum atomic E-state index is -0.900. The molecule has 0 bridgehead atoms. The fourth-order valence-corrected chi connectivity index (χ4v) is 2.14. The van der Waals surface area contributed by atoms with Crippen molar-refractivity contribution in [3.8, 4) is 5.75 Å². The number of aromatic nitrogens is 2. The van der Waals surface area contributed by atoms with Crippen LogP contribution < -0.4 is 5.63 Å². The second-order valence-electron chi connectivity index (χ2n) is 3.75. The topological polar surface area (TPSA) is 118 Å². The minimum Gasteiger partial charge on any atom is -0.505 e. The van der Waals surface area contributed by atoms with Gasteiger partial charge in [0.25, 0.3) is 5.13 Å². The van der Waals surface area contributed by atoms with Crippen LogP contribution in [0.25, 0.3) is 0 Å². The number of carbonyl (C=O) groups is 1. The fraction of sp³-hybridized carbons (Fsp3) is 0.273. The number of aromatic hydroxyl groups is 1. The van der Waals surface area contributed by atoms with E-state index in [1.807, 2.05) is 0 Å². The van der Waals surface area contributed by atoms with Crippen LogP contribution in [0, 0.1) is 0 Å². The third kappa shape index (κ3) is 3.34. The van der Waals surface area contributed by atoms with E-state index in [-0.39, 0.29) is 22.9 Å². The van der Waals surface area contributed by atoms with Gasteiger partial charge in [-0.15, -0.1) is 20.4 Å². The summed E-state index contributed by atoms with van der Waals surface area (Å²) in [5, 5.41) is 25.5. The Morgan fingerprint density at radius 2 is 2.24 bits per heavy atom. The van der Waals surface area contributed by atoms with E-state index in [1.165, 1.54) is 0 Å². The Bertz CT molecular complexity index is 753. The van der Waals surface area contributed by atoms with E-state index in [4.69, 9.17) is 0 Å². The number of rotatable bonds is 5. The zero-order valence-corrected chi connectivity index (χ0v) is 12.5. The van der Waals surface area contributed by atoms with Crippen molar-refractivity contribution in [2.24, 2.45) is 10.2 Å². The van der Waals surface area contributed by atoms with E-state index >= 15 is 0 Å². The highest BCUT2D eigenvalue weighted by atomic mass is 32.1. The highest BCUT2D eigenvalue weighted by Crippen LogP contribution is 2.29. The summed E-state index contributed by atoms with van der Waals surface area (Å²) in [5.74, 6) is -0.525. The van der Waals surface area contributed by atoms with Crippen LogP contribution in [-0.2, 0) is 5.75 Å². The summed E-state index contributed by atoms with van der Waals surface area (Å²) < 4.78 is 4.67. The molecule has 0 aliphatic heterocycles. The maximum Gasteiger partial charge on any atom is 0.367 e. The number of Topliss-reactive ketones (excluding diaryl/α,β-unsaturated/α-hetero) is 1. The van der Waals surface area contributed by atoms with E-state index in [1.54, 1.807) is 6.92 Å². The molecular formula is C11H10N4O4S2. The Kier molecular flexibility index (Phi) is 4.81. The summed E-state index contributed by atoms with van der Waals surface area (Å²) >= 11 is 5.17. The van der Waals surface area contributed by atoms with Crippen molar-refractivity contribution in [1.82, 2.24) is 10.2 Å². The lowest BCUT2D eigenvalue weighted by Crippen LogP contribution is -2.04. The van der Waals surface area contributed by atoms with E-state index < -0.39 is 17.1 Å². The molecule has 110 valence electrons. The van der Waals surface area contributed by atoms with Crippen molar-refractivity contribution in [3.63, 3.8) is 0 Å². The van der Waals surface area contributed by atoms with Crippen molar-refractivity contribution in [3.05, 3.63) is 27.3 Å². The summed E-state index contributed by atoms with van der Waals surface area (Å²) in [6, 6.07) is 0. The Balaban J connectivity index is 2.39. The van der Waals surface area contributed by atoms with Crippen LogP contribution in [0.2, 0.25) is 0 Å². The second kappa shape index (κ2) is 6.59. The number of thiol groups is 1. The van der Waals surface area contributed by atoms with Gasteiger partial charge in [0.15, 0.2) is 11.5 Å². The van der Waals surface area contributed by atoms with E-state index in [2.05, 4.69) is 37.5 Å². The van der Waals surface area contributed by atoms with Crippen molar-refractivity contribution in [2.45, 2.75) is 19.1 Å². The molecule has 0 aliphatic rings. The molecule has 10 heteroatoms. The molecular weight excluding hydrogens is 316 g/mol. The van der Waals surface area contributed by atoms with Gasteiger partial charge in [-0.05, 0) is 0 Å². The van der Waals surface area contributed by atoms with Gasteiger partial charge in [-0.3, -0.25) is 4.79 Å². The molecule has 21 heavy (non-hydrogen) atoms. The normalized spacial score (nSPS) is 11.1. The molecule has 1 N–H and O–H groups in total. The summed E-state index contributed by atoms with van der Waals surface area (Å²) in [7, 11) is 0. The molecule has 0 amide bonds. The fourth-order valence-electron chi connectivity index (χ4n) is 1.37. The number of hydrogen-bond donors (Lipinski definition) is 2. The maximum absolute atomic E-state index is 11.6. The lowest BCUT2D eigenvalue weighted by molar-refractivity contribution is 0.0983. The first-order chi connectivity index (χ1) is 10.1. The van der Waals surface area contributed by atoms with Crippen LogP contribution in [0.3, 0.4) is 0 Å². The van der Waals surface area contributed by atoms with Crippen LogP contribution in [0.1, 0.15) is 28.7 Å². The average Bonchev–Trinajstić information content (AvgIpc) is 2.94. The largest absolute Gasteiger partial charge is 0.505 e.